The molecule has 0 N–H and O–H groups in total. The van der Waals surface area contributed by atoms with Gasteiger partial charge in [0.2, 0.25) is 0 Å². The SMILES string of the molecule is O=S(=O)([O-])C(C(F)C(F)(F)C(F)(F)F)C(F)(F)F. The van der Waals surface area contributed by atoms with Gasteiger partial charge in [-0.2, -0.15) is 35.1 Å². The van der Waals surface area contributed by atoms with Crippen LogP contribution in [0.3, 0.4) is 0 Å². The maximum absolute atomic E-state index is 12.6. The Morgan fingerprint density at radius 2 is 1.22 bits per heavy atom. The third-order valence-electron chi connectivity index (χ3n) is 1.62. The Morgan fingerprint density at radius 1 is 0.889 bits per heavy atom. The number of rotatable bonds is 3. The first kappa shape index (κ1) is 17.3. The maximum atomic E-state index is 12.6. The fourth-order valence-electron chi connectivity index (χ4n) is 0.822. The Hall–Kier alpha value is -0.720. The van der Waals surface area contributed by atoms with Gasteiger partial charge in [0.15, 0.2) is 11.4 Å². The second-order valence-electron chi connectivity index (χ2n) is 2.98. The van der Waals surface area contributed by atoms with Crippen molar-refractivity contribution in [3.05, 3.63) is 0 Å². The number of hydrogen-bond donors (Lipinski definition) is 0. The second-order valence-corrected chi connectivity index (χ2v) is 4.47. The minimum absolute atomic E-state index is 5.01. The summed E-state index contributed by atoms with van der Waals surface area (Å²) in [5.74, 6) is -6.63. The molecule has 2 atom stereocenters. The normalized spacial score (nSPS) is 18.6. The molecule has 0 aromatic rings. The van der Waals surface area contributed by atoms with E-state index in [4.69, 9.17) is 0 Å². The minimum Gasteiger partial charge on any atom is -0.747 e. The van der Waals surface area contributed by atoms with Crippen molar-refractivity contribution >= 4 is 10.1 Å². The van der Waals surface area contributed by atoms with Gasteiger partial charge in [-0.3, -0.25) is 0 Å². The van der Waals surface area contributed by atoms with Crippen LogP contribution in [0.15, 0.2) is 0 Å². The molecule has 0 saturated carbocycles. The summed E-state index contributed by atoms with van der Waals surface area (Å²) in [4.78, 5) is 0. The molecule has 2 unspecified atom stereocenters. The van der Waals surface area contributed by atoms with Crippen molar-refractivity contribution in [3.8, 4) is 0 Å². The van der Waals surface area contributed by atoms with E-state index >= 15 is 0 Å². The monoisotopic (exact) mass is 313 g/mol. The lowest BCUT2D eigenvalue weighted by atomic mass is 10.1. The van der Waals surface area contributed by atoms with E-state index < -0.39 is 39.8 Å². The van der Waals surface area contributed by atoms with Crippen LogP contribution in [0.5, 0.6) is 0 Å². The highest BCUT2D eigenvalue weighted by Crippen LogP contribution is 2.44. The second kappa shape index (κ2) is 4.43. The van der Waals surface area contributed by atoms with Crippen LogP contribution >= 0.6 is 0 Å². The molecular formula is C5H2F9O3S-. The predicted molar refractivity (Wildman–Crippen MR) is 35.4 cm³/mol. The number of halogens is 9. The van der Waals surface area contributed by atoms with E-state index in [0.717, 1.165) is 0 Å². The van der Waals surface area contributed by atoms with Crippen molar-refractivity contribution in [1.29, 1.82) is 0 Å². The van der Waals surface area contributed by atoms with Gasteiger partial charge < -0.3 is 4.55 Å². The smallest absolute Gasteiger partial charge is 0.456 e. The first-order chi connectivity index (χ1) is 7.53. The molecule has 0 saturated heterocycles. The summed E-state index contributed by atoms with van der Waals surface area (Å²) in [7, 11) is -6.80. The molecule has 13 heteroatoms. The highest BCUT2D eigenvalue weighted by Gasteiger charge is 2.70. The van der Waals surface area contributed by atoms with Crippen molar-refractivity contribution in [1.82, 2.24) is 0 Å². The lowest BCUT2D eigenvalue weighted by Crippen LogP contribution is -2.56. The van der Waals surface area contributed by atoms with Gasteiger partial charge >= 0.3 is 18.3 Å². The molecule has 0 fully saturated rings. The quantitative estimate of drug-likeness (QED) is 0.591. The predicted octanol–water partition coefficient (Wildman–Crippen LogP) is 2.00. The third kappa shape index (κ3) is 3.40. The molecule has 0 bridgehead atoms. The average molecular weight is 313 g/mol. The van der Waals surface area contributed by atoms with E-state index in [-0.39, 0.29) is 0 Å². The van der Waals surface area contributed by atoms with Gasteiger partial charge in [-0.1, -0.05) is 0 Å². The zero-order valence-electron chi connectivity index (χ0n) is 7.69. The fourth-order valence-corrected chi connectivity index (χ4v) is 1.61. The van der Waals surface area contributed by atoms with Crippen molar-refractivity contribution < 1.29 is 52.5 Å². The molecular weight excluding hydrogens is 311 g/mol. The molecule has 0 radical (unpaired) electrons. The lowest BCUT2D eigenvalue weighted by molar-refractivity contribution is -0.311. The van der Waals surface area contributed by atoms with Crippen LogP contribution < -0.4 is 0 Å². The molecule has 0 spiro atoms. The molecule has 0 rings (SSSR count). The van der Waals surface area contributed by atoms with Gasteiger partial charge in [-0.15, -0.1) is 0 Å². The van der Waals surface area contributed by atoms with Gasteiger partial charge in [0.25, 0.3) is 0 Å². The Bertz CT molecular complexity index is 393. The molecule has 0 aliphatic rings. The molecule has 0 aliphatic heterocycles. The summed E-state index contributed by atoms with van der Waals surface area (Å²) in [6, 6.07) is 0. The van der Waals surface area contributed by atoms with Crippen LogP contribution in [0.4, 0.5) is 39.5 Å². The Balaban J connectivity index is 5.72. The van der Waals surface area contributed by atoms with Gasteiger partial charge in [0.05, 0.1) is 0 Å². The topological polar surface area (TPSA) is 57.2 Å². The fraction of sp³-hybridized carbons (Fsp3) is 1.00. The molecule has 0 amide bonds. The van der Waals surface area contributed by atoms with Crippen molar-refractivity contribution in [2.75, 3.05) is 0 Å². The van der Waals surface area contributed by atoms with Crippen LogP contribution in [0.1, 0.15) is 0 Å². The first-order valence-electron chi connectivity index (χ1n) is 3.63. The van der Waals surface area contributed by atoms with Gasteiger partial charge in [0, 0.05) is 0 Å². The zero-order chi connectivity index (χ0) is 15.2. The van der Waals surface area contributed by atoms with E-state index in [1.165, 1.54) is 0 Å². The summed E-state index contributed by atoms with van der Waals surface area (Å²) in [6.07, 6.45) is -18.5. The van der Waals surface area contributed by atoms with Crippen LogP contribution in [0.25, 0.3) is 0 Å². The minimum atomic E-state index is -6.80. The van der Waals surface area contributed by atoms with Crippen LogP contribution in [-0.4, -0.2) is 42.7 Å². The first-order valence-corrected chi connectivity index (χ1v) is 5.10. The maximum Gasteiger partial charge on any atom is 0.456 e. The van der Waals surface area contributed by atoms with Crippen molar-refractivity contribution in [2.24, 2.45) is 0 Å². The largest absolute Gasteiger partial charge is 0.747 e. The molecule has 0 aliphatic carbocycles. The Kier molecular flexibility index (Phi) is 4.26. The van der Waals surface area contributed by atoms with Crippen LogP contribution in [0, 0.1) is 0 Å². The molecule has 18 heavy (non-hydrogen) atoms. The highest BCUT2D eigenvalue weighted by molar-refractivity contribution is 7.86. The van der Waals surface area contributed by atoms with E-state index in [2.05, 4.69) is 0 Å². The summed E-state index contributed by atoms with van der Waals surface area (Å²) < 4.78 is 137. The summed E-state index contributed by atoms with van der Waals surface area (Å²) in [5, 5.41) is -5.01. The van der Waals surface area contributed by atoms with Gasteiger partial charge in [-0.25, -0.2) is 12.8 Å². The molecule has 110 valence electrons. The van der Waals surface area contributed by atoms with Crippen LogP contribution in [0.2, 0.25) is 0 Å². The van der Waals surface area contributed by atoms with Crippen LogP contribution in [-0.2, 0) is 10.1 Å². The third-order valence-corrected chi connectivity index (χ3v) is 2.75. The van der Waals surface area contributed by atoms with E-state index in [0.29, 0.717) is 0 Å². The van der Waals surface area contributed by atoms with Gasteiger partial charge in [0.1, 0.15) is 10.1 Å². The van der Waals surface area contributed by atoms with E-state index in [1.54, 1.807) is 0 Å². The molecule has 0 aromatic heterocycles. The summed E-state index contributed by atoms with van der Waals surface area (Å²) >= 11 is 0. The molecule has 0 heterocycles. The Labute approximate surface area is 93.3 Å². The summed E-state index contributed by atoms with van der Waals surface area (Å²) in [6.45, 7) is 0. The highest BCUT2D eigenvalue weighted by atomic mass is 32.2. The number of hydrogen-bond acceptors (Lipinski definition) is 3. The van der Waals surface area contributed by atoms with Crippen molar-refractivity contribution in [2.45, 2.75) is 29.7 Å². The average Bonchev–Trinajstić information content (AvgIpc) is 1.95. The van der Waals surface area contributed by atoms with Crippen molar-refractivity contribution in [3.63, 3.8) is 0 Å². The molecule has 0 aromatic carbocycles. The van der Waals surface area contributed by atoms with E-state index in [1.807, 2.05) is 0 Å². The number of alkyl halides is 9. The van der Waals surface area contributed by atoms with Gasteiger partial charge in [-0.05, 0) is 0 Å². The van der Waals surface area contributed by atoms with E-state index in [9.17, 15) is 52.5 Å². The lowest BCUT2D eigenvalue weighted by Gasteiger charge is -2.31. The summed E-state index contributed by atoms with van der Waals surface area (Å²) in [5.41, 5.74) is 0. The zero-order valence-corrected chi connectivity index (χ0v) is 8.51. The Morgan fingerprint density at radius 3 is 1.39 bits per heavy atom. The standard InChI is InChI=1S/C5H3F9O3S/c6-1(3(7,8)5(12,13)14)2(4(9,10)11)18(15,16)17/h1-2H,(H,15,16,17)/p-1. The molecule has 3 nitrogen and oxygen atoms in total.